The lowest BCUT2D eigenvalue weighted by Gasteiger charge is -2.24. The molecule has 1 saturated carbocycles. The number of nitrogens with one attached hydrogen (secondary N) is 1. The second kappa shape index (κ2) is 8.14. The standard InChI is InChI=1S/C14H24N2O/c1-2-3-7-10-16-14(17)13(15)11-12-8-5-4-6-9-12/h12-13H,4-11,15H2,1H3,(H,16,17). The molecule has 1 unspecified atom stereocenters. The van der Waals surface area contributed by atoms with Gasteiger partial charge in [0.2, 0.25) is 5.91 Å². The van der Waals surface area contributed by atoms with Gasteiger partial charge in [-0.05, 0) is 19.3 Å². The Labute approximate surface area is 105 Å². The van der Waals surface area contributed by atoms with Crippen LogP contribution in [0.4, 0.5) is 0 Å². The molecule has 1 aliphatic rings. The van der Waals surface area contributed by atoms with Gasteiger partial charge >= 0.3 is 0 Å². The summed E-state index contributed by atoms with van der Waals surface area (Å²) < 4.78 is 0. The molecule has 0 saturated heterocycles. The number of rotatable bonds is 5. The van der Waals surface area contributed by atoms with E-state index in [1.165, 1.54) is 32.1 Å². The van der Waals surface area contributed by atoms with Crippen molar-refractivity contribution < 1.29 is 4.79 Å². The van der Waals surface area contributed by atoms with E-state index in [1.807, 2.05) is 0 Å². The average molecular weight is 236 g/mol. The summed E-state index contributed by atoms with van der Waals surface area (Å²) in [6.45, 7) is 2.41. The normalized spacial score (nSPS) is 18.0. The third-order valence-electron chi connectivity index (χ3n) is 3.37. The predicted octanol–water partition coefficient (Wildman–Crippen LogP) is 1.81. The topological polar surface area (TPSA) is 55.1 Å². The molecule has 1 amide bonds. The Hall–Kier alpha value is -1.01. The summed E-state index contributed by atoms with van der Waals surface area (Å²) in [5, 5.41) is 2.84. The molecular formula is C14H24N2O. The molecule has 0 aliphatic heterocycles. The summed E-state index contributed by atoms with van der Waals surface area (Å²) in [5.41, 5.74) is 5.91. The number of nitrogens with two attached hydrogens (primary N) is 1. The zero-order chi connectivity index (χ0) is 12.5. The molecule has 1 rings (SSSR count). The van der Waals surface area contributed by atoms with Gasteiger partial charge in [0.15, 0.2) is 0 Å². The van der Waals surface area contributed by atoms with Crippen LogP contribution >= 0.6 is 0 Å². The van der Waals surface area contributed by atoms with Crippen LogP contribution in [0, 0.1) is 17.8 Å². The van der Waals surface area contributed by atoms with Gasteiger partial charge in [0.25, 0.3) is 0 Å². The minimum atomic E-state index is -0.340. The molecular weight excluding hydrogens is 212 g/mol. The molecule has 96 valence electrons. The van der Waals surface area contributed by atoms with E-state index in [0.717, 1.165) is 6.42 Å². The van der Waals surface area contributed by atoms with E-state index < -0.39 is 0 Å². The first kappa shape index (κ1) is 14.1. The highest BCUT2D eigenvalue weighted by Gasteiger charge is 2.20. The Kier molecular flexibility index (Phi) is 6.73. The van der Waals surface area contributed by atoms with Crippen LogP contribution in [0.3, 0.4) is 0 Å². The van der Waals surface area contributed by atoms with E-state index in [1.54, 1.807) is 6.92 Å². The Balaban J connectivity index is 2.18. The largest absolute Gasteiger partial charge is 0.354 e. The van der Waals surface area contributed by atoms with Crippen LogP contribution in [-0.4, -0.2) is 18.5 Å². The first-order valence-corrected chi connectivity index (χ1v) is 6.67. The van der Waals surface area contributed by atoms with Crippen LogP contribution in [0.1, 0.15) is 51.9 Å². The highest BCUT2D eigenvalue weighted by molar-refractivity contribution is 5.81. The van der Waals surface area contributed by atoms with Gasteiger partial charge in [0, 0.05) is 13.0 Å². The van der Waals surface area contributed by atoms with E-state index in [4.69, 9.17) is 5.73 Å². The Morgan fingerprint density at radius 3 is 2.76 bits per heavy atom. The maximum Gasteiger partial charge on any atom is 0.236 e. The van der Waals surface area contributed by atoms with Gasteiger partial charge in [-0.3, -0.25) is 4.79 Å². The van der Waals surface area contributed by atoms with Crippen LogP contribution in [0.5, 0.6) is 0 Å². The van der Waals surface area contributed by atoms with E-state index in [-0.39, 0.29) is 11.9 Å². The highest BCUT2D eigenvalue weighted by Crippen LogP contribution is 2.26. The smallest absolute Gasteiger partial charge is 0.236 e. The number of carbonyl (C=O) groups is 1. The number of amides is 1. The van der Waals surface area contributed by atoms with Crippen molar-refractivity contribution >= 4 is 5.91 Å². The van der Waals surface area contributed by atoms with Crippen LogP contribution in [0.2, 0.25) is 0 Å². The van der Waals surface area contributed by atoms with Crippen molar-refractivity contribution in [3.8, 4) is 11.8 Å². The maximum absolute atomic E-state index is 11.7. The summed E-state index contributed by atoms with van der Waals surface area (Å²) >= 11 is 0. The molecule has 17 heavy (non-hydrogen) atoms. The van der Waals surface area contributed by atoms with Crippen molar-refractivity contribution in [2.45, 2.75) is 57.9 Å². The Bertz CT molecular complexity index is 284. The molecule has 3 N–H and O–H groups in total. The molecule has 1 atom stereocenters. The van der Waals surface area contributed by atoms with E-state index in [0.29, 0.717) is 18.9 Å². The fourth-order valence-electron chi connectivity index (χ4n) is 2.39. The molecule has 0 aromatic carbocycles. The van der Waals surface area contributed by atoms with Crippen molar-refractivity contribution in [3.05, 3.63) is 0 Å². The molecule has 3 heteroatoms. The Morgan fingerprint density at radius 2 is 2.12 bits per heavy atom. The Morgan fingerprint density at radius 1 is 1.41 bits per heavy atom. The SMILES string of the molecule is CC#CCCNC(=O)C(N)CC1CCCCC1. The average Bonchev–Trinajstić information content (AvgIpc) is 2.35. The van der Waals surface area contributed by atoms with Gasteiger partial charge in [-0.25, -0.2) is 0 Å². The van der Waals surface area contributed by atoms with E-state index in [9.17, 15) is 4.79 Å². The van der Waals surface area contributed by atoms with Crippen molar-refractivity contribution in [3.63, 3.8) is 0 Å². The van der Waals surface area contributed by atoms with Gasteiger partial charge in [0.05, 0.1) is 6.04 Å². The summed E-state index contributed by atoms with van der Waals surface area (Å²) in [6, 6.07) is -0.340. The van der Waals surface area contributed by atoms with E-state index in [2.05, 4.69) is 17.2 Å². The predicted molar refractivity (Wildman–Crippen MR) is 70.2 cm³/mol. The molecule has 0 bridgehead atoms. The lowest BCUT2D eigenvalue weighted by Crippen LogP contribution is -2.42. The highest BCUT2D eigenvalue weighted by atomic mass is 16.2. The first-order valence-electron chi connectivity index (χ1n) is 6.67. The summed E-state index contributed by atoms with van der Waals surface area (Å²) in [6.07, 6.45) is 7.96. The van der Waals surface area contributed by atoms with Crippen molar-refractivity contribution in [1.29, 1.82) is 0 Å². The molecule has 1 fully saturated rings. The summed E-state index contributed by atoms with van der Waals surface area (Å²) in [5.74, 6) is 6.35. The second-order valence-corrected chi connectivity index (χ2v) is 4.81. The second-order valence-electron chi connectivity index (χ2n) is 4.81. The van der Waals surface area contributed by atoms with Crippen LogP contribution in [0.25, 0.3) is 0 Å². The van der Waals surface area contributed by atoms with Gasteiger partial charge in [-0.1, -0.05) is 32.1 Å². The molecule has 0 aromatic rings. The van der Waals surface area contributed by atoms with Gasteiger partial charge in [0.1, 0.15) is 0 Å². The minimum absolute atomic E-state index is 0.0199. The zero-order valence-electron chi connectivity index (χ0n) is 10.8. The van der Waals surface area contributed by atoms with Crippen LogP contribution in [-0.2, 0) is 4.79 Å². The van der Waals surface area contributed by atoms with Gasteiger partial charge in [-0.15, -0.1) is 11.8 Å². The third-order valence-corrected chi connectivity index (χ3v) is 3.37. The lowest BCUT2D eigenvalue weighted by atomic mass is 9.85. The zero-order valence-corrected chi connectivity index (χ0v) is 10.8. The molecule has 0 heterocycles. The van der Waals surface area contributed by atoms with Gasteiger partial charge < -0.3 is 11.1 Å². The van der Waals surface area contributed by atoms with Crippen molar-refractivity contribution in [2.24, 2.45) is 11.7 Å². The number of hydrogen-bond donors (Lipinski definition) is 2. The summed E-state index contributed by atoms with van der Waals surface area (Å²) in [7, 11) is 0. The molecule has 0 radical (unpaired) electrons. The van der Waals surface area contributed by atoms with Crippen molar-refractivity contribution in [1.82, 2.24) is 5.32 Å². The molecule has 3 nitrogen and oxygen atoms in total. The lowest BCUT2D eigenvalue weighted by molar-refractivity contribution is -0.122. The van der Waals surface area contributed by atoms with E-state index >= 15 is 0 Å². The molecule has 0 aromatic heterocycles. The first-order chi connectivity index (χ1) is 8.24. The minimum Gasteiger partial charge on any atom is -0.354 e. The number of carbonyl (C=O) groups excluding carboxylic acids is 1. The quantitative estimate of drug-likeness (QED) is 0.565. The van der Waals surface area contributed by atoms with Gasteiger partial charge in [-0.2, -0.15) is 0 Å². The fourth-order valence-corrected chi connectivity index (χ4v) is 2.39. The third kappa shape index (κ3) is 5.74. The van der Waals surface area contributed by atoms with Crippen molar-refractivity contribution in [2.75, 3.05) is 6.54 Å². The molecule has 0 spiro atoms. The van der Waals surface area contributed by atoms with Crippen LogP contribution in [0.15, 0.2) is 0 Å². The monoisotopic (exact) mass is 236 g/mol. The number of hydrogen-bond acceptors (Lipinski definition) is 2. The summed E-state index contributed by atoms with van der Waals surface area (Å²) in [4.78, 5) is 11.7. The van der Waals surface area contributed by atoms with Crippen LogP contribution < -0.4 is 11.1 Å². The molecule has 1 aliphatic carbocycles. The fraction of sp³-hybridized carbons (Fsp3) is 0.786. The maximum atomic E-state index is 11.7.